The van der Waals surface area contributed by atoms with Crippen molar-refractivity contribution in [1.82, 2.24) is 0 Å². The lowest BCUT2D eigenvalue weighted by Crippen LogP contribution is -1.64. The lowest BCUT2D eigenvalue weighted by Gasteiger charge is -1.73. The number of rotatable bonds is 1. The molecule has 0 aromatic rings. The van der Waals surface area contributed by atoms with Crippen molar-refractivity contribution >= 4 is 0 Å². The maximum Gasteiger partial charge on any atom is 0.0114 e. The second-order valence-corrected chi connectivity index (χ2v) is 1.85. The van der Waals surface area contributed by atoms with Crippen molar-refractivity contribution in [1.29, 1.82) is 0 Å². The third kappa shape index (κ3) is 0.755. The Labute approximate surface area is 38.6 Å². The average Bonchev–Trinajstić information content (AvgIpc) is 2.21. The molecule has 0 nitrogen and oxygen atoms in total. The Bertz CT molecular complexity index is 72.5. The van der Waals surface area contributed by atoms with Crippen LogP contribution in [0.25, 0.3) is 0 Å². The van der Waals surface area contributed by atoms with Gasteiger partial charge in [-0.25, -0.2) is 0 Å². The minimum Gasteiger partial charge on any atom is -0.120 e. The van der Waals surface area contributed by atoms with Crippen LogP contribution in [0, 0.1) is 18.3 Å². The highest BCUT2D eigenvalue weighted by molar-refractivity contribution is 4.91. The van der Waals surface area contributed by atoms with Crippen LogP contribution in [0.1, 0.15) is 19.3 Å². The van der Waals surface area contributed by atoms with E-state index in [2.05, 4.69) is 5.92 Å². The predicted octanol–water partition coefficient (Wildman–Crippen LogP) is 1.42. The zero-order valence-corrected chi connectivity index (χ0v) is 3.78. The topological polar surface area (TPSA) is 0 Å². The van der Waals surface area contributed by atoms with Crippen LogP contribution in [-0.4, -0.2) is 0 Å². The molecule has 0 amide bonds. The standard InChI is InChI=1S/C6H8/c1-2-3-6-4-5-6/h1,6H,3-5H2. The third-order valence-electron chi connectivity index (χ3n) is 1.10. The maximum atomic E-state index is 5.02. The molecule has 0 atom stereocenters. The van der Waals surface area contributed by atoms with Crippen LogP contribution in [0.4, 0.5) is 0 Å². The SMILES string of the molecule is C#CCC1CC1. The smallest absolute Gasteiger partial charge is 0.0114 e. The van der Waals surface area contributed by atoms with Gasteiger partial charge in [0.05, 0.1) is 0 Å². The van der Waals surface area contributed by atoms with Gasteiger partial charge in [0.25, 0.3) is 0 Å². The van der Waals surface area contributed by atoms with Gasteiger partial charge in [0.15, 0.2) is 0 Å². The number of hydrogen-bond acceptors (Lipinski definition) is 0. The molecule has 0 N–H and O–H groups in total. The summed E-state index contributed by atoms with van der Waals surface area (Å²) >= 11 is 0. The molecule has 0 aromatic carbocycles. The first-order valence-corrected chi connectivity index (χ1v) is 2.37. The minimum absolute atomic E-state index is 0.912. The Balaban J connectivity index is 2.05. The van der Waals surface area contributed by atoms with Crippen LogP contribution in [0.3, 0.4) is 0 Å². The Hall–Kier alpha value is -0.440. The van der Waals surface area contributed by atoms with E-state index < -0.39 is 0 Å². The highest BCUT2D eigenvalue weighted by Crippen LogP contribution is 2.31. The normalized spacial score (nSPS) is 19.8. The molecular formula is C6H8. The molecule has 0 saturated heterocycles. The fourth-order valence-electron chi connectivity index (χ4n) is 0.489. The van der Waals surface area contributed by atoms with Crippen LogP contribution < -0.4 is 0 Å². The molecule has 1 saturated carbocycles. The second-order valence-electron chi connectivity index (χ2n) is 1.85. The molecule has 0 aliphatic heterocycles. The monoisotopic (exact) mass is 80.1 g/mol. The fraction of sp³-hybridized carbons (Fsp3) is 0.667. The van der Waals surface area contributed by atoms with E-state index in [-0.39, 0.29) is 0 Å². The van der Waals surface area contributed by atoms with Gasteiger partial charge in [0.2, 0.25) is 0 Å². The van der Waals surface area contributed by atoms with E-state index in [1.807, 2.05) is 0 Å². The van der Waals surface area contributed by atoms with Gasteiger partial charge >= 0.3 is 0 Å². The summed E-state index contributed by atoms with van der Waals surface area (Å²) in [5.74, 6) is 3.54. The summed E-state index contributed by atoms with van der Waals surface area (Å²) in [7, 11) is 0. The van der Waals surface area contributed by atoms with Gasteiger partial charge in [-0.2, -0.15) is 0 Å². The molecule has 0 aromatic heterocycles. The van der Waals surface area contributed by atoms with E-state index in [9.17, 15) is 0 Å². The lowest BCUT2D eigenvalue weighted by molar-refractivity contribution is 0.885. The van der Waals surface area contributed by atoms with Gasteiger partial charge in [0, 0.05) is 6.42 Å². The first-order valence-electron chi connectivity index (χ1n) is 2.37. The number of hydrogen-bond donors (Lipinski definition) is 0. The van der Waals surface area contributed by atoms with Gasteiger partial charge in [-0.15, -0.1) is 12.3 Å². The van der Waals surface area contributed by atoms with E-state index in [0.717, 1.165) is 12.3 Å². The average molecular weight is 80.1 g/mol. The number of terminal acetylenes is 1. The highest BCUT2D eigenvalue weighted by atomic mass is 14.2. The van der Waals surface area contributed by atoms with Crippen LogP contribution >= 0.6 is 0 Å². The molecular weight excluding hydrogens is 72.1 g/mol. The van der Waals surface area contributed by atoms with Gasteiger partial charge in [-0.05, 0) is 18.8 Å². The van der Waals surface area contributed by atoms with Crippen molar-refractivity contribution in [2.75, 3.05) is 0 Å². The summed E-state index contributed by atoms with van der Waals surface area (Å²) in [4.78, 5) is 0. The molecule has 0 spiro atoms. The Kier molecular flexibility index (Phi) is 0.837. The molecule has 0 heterocycles. The molecule has 1 rings (SSSR count). The Morgan fingerprint density at radius 3 is 2.50 bits per heavy atom. The predicted molar refractivity (Wildman–Crippen MR) is 26.2 cm³/mol. The third-order valence-corrected chi connectivity index (χ3v) is 1.10. The highest BCUT2D eigenvalue weighted by Gasteiger charge is 2.18. The van der Waals surface area contributed by atoms with Crippen LogP contribution in [-0.2, 0) is 0 Å². The summed E-state index contributed by atoms with van der Waals surface area (Å²) in [6.45, 7) is 0. The first-order chi connectivity index (χ1) is 2.93. The Morgan fingerprint density at radius 1 is 1.67 bits per heavy atom. The fourth-order valence-corrected chi connectivity index (χ4v) is 0.489. The molecule has 0 heteroatoms. The molecule has 1 aliphatic rings. The molecule has 0 bridgehead atoms. The van der Waals surface area contributed by atoms with Crippen molar-refractivity contribution in [3.63, 3.8) is 0 Å². The van der Waals surface area contributed by atoms with Crippen molar-refractivity contribution < 1.29 is 0 Å². The first kappa shape index (κ1) is 3.74. The van der Waals surface area contributed by atoms with Gasteiger partial charge in [0.1, 0.15) is 0 Å². The van der Waals surface area contributed by atoms with Crippen molar-refractivity contribution in [2.45, 2.75) is 19.3 Å². The van der Waals surface area contributed by atoms with Gasteiger partial charge in [-0.1, -0.05) is 0 Å². The van der Waals surface area contributed by atoms with Crippen LogP contribution in [0.15, 0.2) is 0 Å². The zero-order chi connectivity index (χ0) is 4.41. The lowest BCUT2D eigenvalue weighted by atomic mass is 10.3. The van der Waals surface area contributed by atoms with Crippen LogP contribution in [0.5, 0.6) is 0 Å². The summed E-state index contributed by atoms with van der Waals surface area (Å²) in [5, 5.41) is 0. The minimum atomic E-state index is 0.912. The molecule has 1 fully saturated rings. The zero-order valence-electron chi connectivity index (χ0n) is 3.78. The van der Waals surface area contributed by atoms with Crippen molar-refractivity contribution in [2.24, 2.45) is 5.92 Å². The summed E-state index contributed by atoms with van der Waals surface area (Å²) in [6, 6.07) is 0. The van der Waals surface area contributed by atoms with E-state index in [1.54, 1.807) is 0 Å². The van der Waals surface area contributed by atoms with Gasteiger partial charge in [-0.3, -0.25) is 0 Å². The van der Waals surface area contributed by atoms with E-state index in [4.69, 9.17) is 6.42 Å². The van der Waals surface area contributed by atoms with Crippen LogP contribution in [0.2, 0.25) is 0 Å². The molecule has 0 radical (unpaired) electrons. The molecule has 1 aliphatic carbocycles. The van der Waals surface area contributed by atoms with Gasteiger partial charge < -0.3 is 0 Å². The Morgan fingerprint density at radius 2 is 2.33 bits per heavy atom. The van der Waals surface area contributed by atoms with E-state index in [0.29, 0.717) is 0 Å². The maximum absolute atomic E-state index is 5.02. The second kappa shape index (κ2) is 1.34. The summed E-state index contributed by atoms with van der Waals surface area (Å²) in [5.41, 5.74) is 0. The van der Waals surface area contributed by atoms with E-state index >= 15 is 0 Å². The van der Waals surface area contributed by atoms with Crippen molar-refractivity contribution in [3.05, 3.63) is 0 Å². The largest absolute Gasteiger partial charge is 0.120 e. The quantitative estimate of drug-likeness (QED) is 0.418. The molecule has 0 unspecified atom stereocenters. The molecule has 32 valence electrons. The van der Waals surface area contributed by atoms with Crippen molar-refractivity contribution in [3.8, 4) is 12.3 Å². The molecule has 6 heavy (non-hydrogen) atoms. The summed E-state index contributed by atoms with van der Waals surface area (Å²) in [6.07, 6.45) is 8.79. The van der Waals surface area contributed by atoms with E-state index in [1.165, 1.54) is 12.8 Å². The summed E-state index contributed by atoms with van der Waals surface area (Å²) < 4.78 is 0.